The van der Waals surface area contributed by atoms with Gasteiger partial charge in [-0.05, 0) is 5.73 Å². The van der Waals surface area contributed by atoms with Crippen molar-refractivity contribution < 1.29 is 9.90 Å². The number of carbonyl (C=O) groups is 1. The third-order valence-electron chi connectivity index (χ3n) is 0.883. The molecule has 0 amide bonds. The number of hydrogen-bond acceptors (Lipinski definition) is 1. The molecular formula is C7H4O2. The first-order valence-corrected chi connectivity index (χ1v) is 2.46. The van der Waals surface area contributed by atoms with Crippen molar-refractivity contribution in [3.05, 3.63) is 28.8 Å². The molecule has 2 heteroatoms. The number of rotatable bonds is 2. The summed E-state index contributed by atoms with van der Waals surface area (Å²) in [5.41, 5.74) is 8.35. The van der Waals surface area contributed by atoms with Crippen LogP contribution in [-0.2, 0) is 4.79 Å². The van der Waals surface area contributed by atoms with Gasteiger partial charge < -0.3 is 5.11 Å². The normalized spacial score (nSPS) is 12.2. The maximum atomic E-state index is 10.0. The van der Waals surface area contributed by atoms with E-state index in [1.54, 1.807) is 6.08 Å². The third-order valence-corrected chi connectivity index (χ3v) is 0.883. The van der Waals surface area contributed by atoms with Crippen LogP contribution >= 0.6 is 0 Å². The van der Waals surface area contributed by atoms with Crippen molar-refractivity contribution in [3.63, 3.8) is 0 Å². The first-order chi connectivity index (χ1) is 4.29. The fourth-order valence-electron chi connectivity index (χ4n) is 0.534. The van der Waals surface area contributed by atoms with E-state index >= 15 is 0 Å². The molecule has 44 valence electrons. The van der Waals surface area contributed by atoms with E-state index in [4.69, 9.17) is 5.11 Å². The number of carboxylic acid groups (broad SMARTS) is 1. The van der Waals surface area contributed by atoms with Gasteiger partial charge >= 0.3 is 5.97 Å². The van der Waals surface area contributed by atoms with Crippen molar-refractivity contribution in [2.75, 3.05) is 0 Å². The van der Waals surface area contributed by atoms with E-state index in [1.807, 2.05) is 0 Å². The molecule has 0 atom stereocenters. The van der Waals surface area contributed by atoms with E-state index in [0.717, 1.165) is 0 Å². The molecular weight excluding hydrogens is 116 g/mol. The summed E-state index contributed by atoms with van der Waals surface area (Å²) in [6.07, 6.45) is 1.58. The van der Waals surface area contributed by atoms with Crippen molar-refractivity contribution in [2.45, 2.75) is 6.42 Å². The molecule has 0 saturated heterocycles. The number of carboxylic acids is 1. The molecule has 2 nitrogen and oxygen atoms in total. The highest BCUT2D eigenvalue weighted by Crippen LogP contribution is 2.01. The second kappa shape index (κ2) is 2.21. The molecule has 0 saturated carbocycles. The Labute approximate surface area is 52.1 Å². The smallest absolute Gasteiger partial charge is 0.308 e. The van der Waals surface area contributed by atoms with Crippen LogP contribution in [-0.4, -0.2) is 11.1 Å². The molecule has 1 N–H and O–H groups in total. The maximum Gasteiger partial charge on any atom is 0.308 e. The summed E-state index contributed by atoms with van der Waals surface area (Å²) < 4.78 is 0. The quantitative estimate of drug-likeness (QED) is 0.549. The largest absolute Gasteiger partial charge is 0.481 e. The molecule has 1 aliphatic rings. The van der Waals surface area contributed by atoms with Crippen molar-refractivity contribution >= 4 is 5.97 Å². The van der Waals surface area contributed by atoms with Gasteiger partial charge in [0.25, 0.3) is 0 Å². The topological polar surface area (TPSA) is 37.3 Å². The van der Waals surface area contributed by atoms with Crippen LogP contribution in [0.1, 0.15) is 6.42 Å². The molecule has 0 bridgehead atoms. The predicted octanol–water partition coefficient (Wildman–Crippen LogP) is 0.866. The van der Waals surface area contributed by atoms with Gasteiger partial charge in [-0.15, -0.1) is 0 Å². The number of aliphatic carboxylic acids is 1. The zero-order valence-corrected chi connectivity index (χ0v) is 4.64. The Morgan fingerprint density at radius 2 is 2.56 bits per heavy atom. The third kappa shape index (κ3) is 1.49. The Hall–Kier alpha value is -1.45. The molecule has 0 unspecified atom stereocenters. The van der Waals surface area contributed by atoms with Crippen LogP contribution in [0.15, 0.2) is 28.8 Å². The van der Waals surface area contributed by atoms with Gasteiger partial charge in [-0.3, -0.25) is 4.79 Å². The van der Waals surface area contributed by atoms with E-state index in [9.17, 15) is 4.79 Å². The Morgan fingerprint density at radius 1 is 1.78 bits per heavy atom. The van der Waals surface area contributed by atoms with Gasteiger partial charge in [0.2, 0.25) is 0 Å². The fourth-order valence-corrected chi connectivity index (χ4v) is 0.534. The first-order valence-electron chi connectivity index (χ1n) is 2.46. The molecule has 1 aliphatic carbocycles. The van der Waals surface area contributed by atoms with Gasteiger partial charge in [-0.2, -0.15) is 0 Å². The Morgan fingerprint density at radius 3 is 3.00 bits per heavy atom. The second-order valence-corrected chi connectivity index (χ2v) is 1.63. The summed E-state index contributed by atoms with van der Waals surface area (Å²) >= 11 is 0. The van der Waals surface area contributed by atoms with Crippen molar-refractivity contribution in [1.29, 1.82) is 0 Å². The highest BCUT2D eigenvalue weighted by atomic mass is 16.4. The van der Waals surface area contributed by atoms with Gasteiger partial charge in [-0.1, -0.05) is 11.5 Å². The molecule has 1 rings (SSSR count). The summed E-state index contributed by atoms with van der Waals surface area (Å²) in [6.45, 7) is 0. The molecule has 0 radical (unpaired) electrons. The molecule has 0 fully saturated rings. The Balaban J connectivity index is 2.61. The van der Waals surface area contributed by atoms with Crippen LogP contribution in [0.3, 0.4) is 0 Å². The molecule has 0 spiro atoms. The van der Waals surface area contributed by atoms with Crippen molar-refractivity contribution in [1.82, 2.24) is 0 Å². The summed E-state index contributed by atoms with van der Waals surface area (Å²) in [4.78, 5) is 10.0. The number of hydrogen-bond donors (Lipinski definition) is 1. The van der Waals surface area contributed by atoms with E-state index in [-0.39, 0.29) is 6.42 Å². The minimum Gasteiger partial charge on any atom is -0.481 e. The van der Waals surface area contributed by atoms with Gasteiger partial charge in [0, 0.05) is 11.6 Å². The molecule has 9 heavy (non-hydrogen) atoms. The van der Waals surface area contributed by atoms with Crippen LogP contribution in [0.4, 0.5) is 0 Å². The Bertz CT molecular complexity index is 267. The average molecular weight is 120 g/mol. The van der Waals surface area contributed by atoms with Crippen molar-refractivity contribution in [3.8, 4) is 0 Å². The van der Waals surface area contributed by atoms with Gasteiger partial charge in [0.1, 0.15) is 0 Å². The molecule has 0 aromatic rings. The lowest BCUT2D eigenvalue weighted by atomic mass is 10.2. The van der Waals surface area contributed by atoms with Crippen molar-refractivity contribution in [2.24, 2.45) is 0 Å². The zero-order chi connectivity index (χ0) is 6.69. The van der Waals surface area contributed by atoms with Crippen LogP contribution < -0.4 is 0 Å². The lowest BCUT2D eigenvalue weighted by Gasteiger charge is -1.85. The van der Waals surface area contributed by atoms with Crippen LogP contribution in [0.2, 0.25) is 0 Å². The highest BCUT2D eigenvalue weighted by molar-refractivity contribution is 5.71. The number of allylic oxidation sites excluding steroid dienone is 1. The molecule has 0 aromatic carbocycles. The molecule has 0 aromatic heterocycles. The van der Waals surface area contributed by atoms with E-state index < -0.39 is 5.97 Å². The van der Waals surface area contributed by atoms with Crippen LogP contribution in [0.25, 0.3) is 0 Å². The Kier molecular flexibility index (Phi) is 1.40. The zero-order valence-electron chi connectivity index (χ0n) is 4.64. The predicted molar refractivity (Wildman–Crippen MR) is 30.9 cm³/mol. The highest BCUT2D eigenvalue weighted by Gasteiger charge is 1.99. The summed E-state index contributed by atoms with van der Waals surface area (Å²) in [7, 11) is 0. The lowest BCUT2D eigenvalue weighted by Crippen LogP contribution is -1.93. The summed E-state index contributed by atoms with van der Waals surface area (Å²) in [5.74, 6) is -0.848. The maximum absolute atomic E-state index is 10.0. The standard InChI is InChI=1S/C7H4O2/c8-7(9)5-6-3-1-2-4-6/h3H,5H2,(H,8,9). The lowest BCUT2D eigenvalue weighted by molar-refractivity contribution is -0.136. The minimum absolute atomic E-state index is 0.0139. The van der Waals surface area contributed by atoms with E-state index in [2.05, 4.69) is 17.2 Å². The average Bonchev–Trinajstić information content (AvgIpc) is 2.15. The summed E-state index contributed by atoms with van der Waals surface area (Å²) in [5, 5.41) is 8.24. The fraction of sp³-hybridized carbons (Fsp3) is 0.143. The van der Waals surface area contributed by atoms with E-state index in [0.29, 0.717) is 5.57 Å². The monoisotopic (exact) mass is 120 g/mol. The first kappa shape index (κ1) is 5.68. The van der Waals surface area contributed by atoms with E-state index in [1.165, 1.54) is 0 Å². The summed E-state index contributed by atoms with van der Waals surface area (Å²) in [6, 6.07) is 0. The second-order valence-electron chi connectivity index (χ2n) is 1.63. The van der Waals surface area contributed by atoms with Gasteiger partial charge in [0.15, 0.2) is 0 Å². The molecule has 0 heterocycles. The van der Waals surface area contributed by atoms with Crippen LogP contribution in [0, 0.1) is 0 Å². The molecule has 0 aliphatic heterocycles. The van der Waals surface area contributed by atoms with Crippen LogP contribution in [0.5, 0.6) is 0 Å². The SMILES string of the molecule is O=C(O)CC1=C=C=C=C1. The minimum atomic E-state index is -0.848. The van der Waals surface area contributed by atoms with Gasteiger partial charge in [-0.25, -0.2) is 0 Å². The van der Waals surface area contributed by atoms with Gasteiger partial charge in [0.05, 0.1) is 6.42 Å².